The van der Waals surface area contributed by atoms with Gasteiger partial charge in [-0.25, -0.2) is 4.98 Å². The SMILES string of the molecule is CCCc1cc(=O)[nH]c(SCC(=O)N(CC(=O)OCC)c2ccccc2)n1. The summed E-state index contributed by atoms with van der Waals surface area (Å²) in [5.74, 6) is -0.716. The highest BCUT2D eigenvalue weighted by atomic mass is 32.2. The van der Waals surface area contributed by atoms with E-state index < -0.39 is 5.97 Å². The molecule has 1 heterocycles. The molecular weight excluding hydrogens is 366 g/mol. The molecule has 7 nitrogen and oxygen atoms in total. The second kappa shape index (κ2) is 10.5. The molecule has 0 atom stereocenters. The average molecular weight is 389 g/mol. The Bertz CT molecular complexity index is 823. The molecule has 0 saturated heterocycles. The minimum absolute atomic E-state index is 0.0345. The van der Waals surface area contributed by atoms with E-state index in [9.17, 15) is 14.4 Å². The second-order valence-electron chi connectivity index (χ2n) is 5.70. The van der Waals surface area contributed by atoms with Crippen molar-refractivity contribution in [3.05, 3.63) is 52.4 Å². The number of carbonyl (C=O) groups is 2. The summed E-state index contributed by atoms with van der Waals surface area (Å²) in [6, 6.07) is 10.4. The number of para-hydroxylation sites is 1. The molecule has 1 aromatic heterocycles. The number of nitrogens with zero attached hydrogens (tertiary/aromatic N) is 2. The Balaban J connectivity index is 2.11. The third kappa shape index (κ3) is 6.56. The molecule has 0 radical (unpaired) electrons. The molecule has 0 saturated carbocycles. The lowest BCUT2D eigenvalue weighted by Gasteiger charge is -2.21. The van der Waals surface area contributed by atoms with E-state index in [0.717, 1.165) is 18.2 Å². The first-order valence-electron chi connectivity index (χ1n) is 8.77. The summed E-state index contributed by atoms with van der Waals surface area (Å²) in [6.07, 6.45) is 1.57. The largest absolute Gasteiger partial charge is 0.465 e. The Hall–Kier alpha value is -2.61. The van der Waals surface area contributed by atoms with Crippen molar-refractivity contribution in [2.24, 2.45) is 0 Å². The Morgan fingerprint density at radius 3 is 2.63 bits per heavy atom. The van der Waals surface area contributed by atoms with Crippen LogP contribution in [0, 0.1) is 0 Å². The molecule has 0 aliphatic rings. The van der Waals surface area contributed by atoms with Gasteiger partial charge < -0.3 is 14.6 Å². The van der Waals surface area contributed by atoms with Gasteiger partial charge in [-0.1, -0.05) is 43.3 Å². The standard InChI is InChI=1S/C19H23N3O4S/c1-3-8-14-11-16(23)21-19(20-14)27-13-17(24)22(12-18(25)26-4-2)15-9-6-5-7-10-15/h5-7,9-11H,3-4,8,12-13H2,1-2H3,(H,20,21,23). The Kier molecular flexibility index (Phi) is 8.06. The van der Waals surface area contributed by atoms with Gasteiger partial charge in [-0.15, -0.1) is 0 Å². The van der Waals surface area contributed by atoms with E-state index >= 15 is 0 Å². The summed E-state index contributed by atoms with van der Waals surface area (Å²) in [7, 11) is 0. The normalized spacial score (nSPS) is 10.4. The van der Waals surface area contributed by atoms with Crippen LogP contribution in [0.4, 0.5) is 5.69 Å². The fourth-order valence-corrected chi connectivity index (χ4v) is 3.18. The fraction of sp³-hybridized carbons (Fsp3) is 0.368. The van der Waals surface area contributed by atoms with E-state index in [1.54, 1.807) is 31.2 Å². The molecule has 0 aliphatic heterocycles. The lowest BCUT2D eigenvalue weighted by molar-refractivity contribution is -0.142. The first kappa shape index (κ1) is 20.7. The van der Waals surface area contributed by atoms with Gasteiger partial charge in [-0.3, -0.25) is 14.4 Å². The number of thioether (sulfide) groups is 1. The quantitative estimate of drug-likeness (QED) is 0.402. The molecule has 1 aromatic carbocycles. The predicted octanol–water partition coefficient (Wildman–Crippen LogP) is 2.41. The van der Waals surface area contributed by atoms with Gasteiger partial charge in [0.1, 0.15) is 6.54 Å². The number of aromatic nitrogens is 2. The van der Waals surface area contributed by atoms with Crippen molar-refractivity contribution < 1.29 is 14.3 Å². The van der Waals surface area contributed by atoms with Crippen molar-refractivity contribution >= 4 is 29.3 Å². The van der Waals surface area contributed by atoms with Crippen LogP contribution in [0.1, 0.15) is 26.0 Å². The zero-order valence-electron chi connectivity index (χ0n) is 15.4. The van der Waals surface area contributed by atoms with Crippen molar-refractivity contribution in [3.63, 3.8) is 0 Å². The number of aromatic amines is 1. The molecule has 2 rings (SSSR count). The van der Waals surface area contributed by atoms with Crippen LogP contribution in [0.15, 0.2) is 46.3 Å². The number of hydrogen-bond acceptors (Lipinski definition) is 6. The number of nitrogens with one attached hydrogen (secondary N) is 1. The minimum atomic E-state index is -0.476. The second-order valence-corrected chi connectivity index (χ2v) is 6.67. The molecular formula is C19H23N3O4S. The Morgan fingerprint density at radius 2 is 1.96 bits per heavy atom. The first-order valence-corrected chi connectivity index (χ1v) is 9.76. The van der Waals surface area contributed by atoms with Crippen LogP contribution < -0.4 is 10.5 Å². The molecule has 8 heteroatoms. The van der Waals surface area contributed by atoms with Gasteiger partial charge in [-0.05, 0) is 25.5 Å². The number of aryl methyl sites for hydroxylation is 1. The highest BCUT2D eigenvalue weighted by Crippen LogP contribution is 2.18. The lowest BCUT2D eigenvalue weighted by Crippen LogP contribution is -2.37. The highest BCUT2D eigenvalue weighted by molar-refractivity contribution is 7.99. The fourth-order valence-electron chi connectivity index (χ4n) is 2.41. The molecule has 0 spiro atoms. The number of rotatable bonds is 9. The van der Waals surface area contributed by atoms with E-state index in [2.05, 4.69) is 9.97 Å². The molecule has 2 aromatic rings. The van der Waals surface area contributed by atoms with E-state index in [1.165, 1.54) is 11.0 Å². The first-order chi connectivity index (χ1) is 13.0. The Morgan fingerprint density at radius 1 is 1.22 bits per heavy atom. The van der Waals surface area contributed by atoms with Crippen molar-refractivity contribution in [3.8, 4) is 0 Å². The lowest BCUT2D eigenvalue weighted by atomic mass is 10.2. The van der Waals surface area contributed by atoms with Gasteiger partial charge in [0, 0.05) is 17.4 Å². The van der Waals surface area contributed by atoms with Gasteiger partial charge in [0.15, 0.2) is 5.16 Å². The minimum Gasteiger partial charge on any atom is -0.465 e. The zero-order chi connectivity index (χ0) is 19.6. The van der Waals surface area contributed by atoms with E-state index in [1.807, 2.05) is 13.0 Å². The van der Waals surface area contributed by atoms with Crippen molar-refractivity contribution in [2.45, 2.75) is 31.8 Å². The molecule has 1 N–H and O–H groups in total. The highest BCUT2D eigenvalue weighted by Gasteiger charge is 2.20. The number of ether oxygens (including phenoxy) is 1. The van der Waals surface area contributed by atoms with Crippen molar-refractivity contribution in [1.82, 2.24) is 9.97 Å². The van der Waals surface area contributed by atoms with Gasteiger partial charge in [0.25, 0.3) is 5.56 Å². The number of H-pyrrole nitrogens is 1. The van der Waals surface area contributed by atoms with E-state index in [4.69, 9.17) is 4.74 Å². The summed E-state index contributed by atoms with van der Waals surface area (Å²) >= 11 is 1.14. The summed E-state index contributed by atoms with van der Waals surface area (Å²) in [6.45, 7) is 3.80. The van der Waals surface area contributed by atoms with Crippen molar-refractivity contribution in [1.29, 1.82) is 0 Å². The van der Waals surface area contributed by atoms with Crippen LogP contribution in [0.25, 0.3) is 0 Å². The molecule has 1 amide bonds. The number of carbonyl (C=O) groups excluding carboxylic acids is 2. The maximum absolute atomic E-state index is 12.7. The zero-order valence-corrected chi connectivity index (χ0v) is 16.3. The maximum atomic E-state index is 12.7. The molecule has 0 bridgehead atoms. The monoisotopic (exact) mass is 389 g/mol. The van der Waals surface area contributed by atoms with Gasteiger partial charge >= 0.3 is 5.97 Å². The Labute approximate surface area is 162 Å². The number of benzene rings is 1. The smallest absolute Gasteiger partial charge is 0.326 e. The topological polar surface area (TPSA) is 92.4 Å². The van der Waals surface area contributed by atoms with Gasteiger partial charge in [0.2, 0.25) is 5.91 Å². The van der Waals surface area contributed by atoms with Crippen LogP contribution in [0.2, 0.25) is 0 Å². The number of amides is 1. The van der Waals surface area contributed by atoms with Gasteiger partial charge in [-0.2, -0.15) is 0 Å². The maximum Gasteiger partial charge on any atom is 0.326 e. The summed E-state index contributed by atoms with van der Waals surface area (Å²) in [5, 5.41) is 0.392. The summed E-state index contributed by atoms with van der Waals surface area (Å²) in [4.78, 5) is 44.7. The van der Waals surface area contributed by atoms with Crippen LogP contribution in [-0.2, 0) is 20.7 Å². The number of hydrogen-bond donors (Lipinski definition) is 1. The molecule has 0 fully saturated rings. The molecule has 144 valence electrons. The third-order valence-electron chi connectivity index (χ3n) is 3.57. The molecule has 0 aliphatic carbocycles. The molecule has 0 unspecified atom stereocenters. The summed E-state index contributed by atoms with van der Waals surface area (Å²) < 4.78 is 4.97. The van der Waals surface area contributed by atoms with Crippen LogP contribution in [0.3, 0.4) is 0 Å². The number of anilines is 1. The van der Waals surface area contributed by atoms with Crippen LogP contribution in [0.5, 0.6) is 0 Å². The van der Waals surface area contributed by atoms with Gasteiger partial charge in [0.05, 0.1) is 12.4 Å². The summed E-state index contributed by atoms with van der Waals surface area (Å²) in [5.41, 5.74) is 1.06. The van der Waals surface area contributed by atoms with E-state index in [0.29, 0.717) is 23.0 Å². The molecule has 27 heavy (non-hydrogen) atoms. The van der Waals surface area contributed by atoms with E-state index in [-0.39, 0.29) is 30.4 Å². The average Bonchev–Trinajstić information content (AvgIpc) is 2.65. The van der Waals surface area contributed by atoms with Crippen LogP contribution in [-0.4, -0.2) is 40.7 Å². The van der Waals surface area contributed by atoms with Crippen molar-refractivity contribution in [2.75, 3.05) is 23.8 Å². The van der Waals surface area contributed by atoms with Crippen LogP contribution >= 0.6 is 11.8 Å². The predicted molar refractivity (Wildman–Crippen MR) is 105 cm³/mol. The number of esters is 1. The third-order valence-corrected chi connectivity index (χ3v) is 4.43.